The highest BCUT2D eigenvalue weighted by molar-refractivity contribution is 6.31. The zero-order valence-corrected chi connectivity index (χ0v) is 11.2. The Morgan fingerprint density at radius 1 is 1.35 bits per heavy atom. The van der Waals surface area contributed by atoms with E-state index in [9.17, 15) is 0 Å². The van der Waals surface area contributed by atoms with Crippen LogP contribution in [0.5, 0.6) is 0 Å². The van der Waals surface area contributed by atoms with Crippen molar-refractivity contribution < 1.29 is 0 Å². The molecule has 1 aliphatic heterocycles. The number of nitrogens with zero attached hydrogens (tertiary/aromatic N) is 1. The van der Waals surface area contributed by atoms with E-state index in [4.69, 9.17) is 17.3 Å². The molecule has 3 heteroatoms. The lowest BCUT2D eigenvalue weighted by atomic mass is 9.91. The maximum absolute atomic E-state index is 6.35. The van der Waals surface area contributed by atoms with Gasteiger partial charge >= 0.3 is 0 Å². The zero-order chi connectivity index (χ0) is 12.3. The Hall–Kier alpha value is -0.570. The summed E-state index contributed by atoms with van der Waals surface area (Å²) in [5.74, 6) is 0.630. The van der Waals surface area contributed by atoms with Crippen molar-refractivity contribution in [2.24, 2.45) is 5.73 Å². The van der Waals surface area contributed by atoms with Gasteiger partial charge in [-0.05, 0) is 50.0 Å². The summed E-state index contributed by atoms with van der Waals surface area (Å²) in [6.07, 6.45) is 3.33. The van der Waals surface area contributed by atoms with Crippen molar-refractivity contribution in [2.45, 2.75) is 25.2 Å². The molecule has 0 saturated carbocycles. The number of hydrogen-bond acceptors (Lipinski definition) is 2. The van der Waals surface area contributed by atoms with Crippen molar-refractivity contribution in [1.29, 1.82) is 0 Å². The van der Waals surface area contributed by atoms with Gasteiger partial charge < -0.3 is 10.6 Å². The minimum Gasteiger partial charge on any atom is -0.330 e. The summed E-state index contributed by atoms with van der Waals surface area (Å²) < 4.78 is 0. The Labute approximate surface area is 109 Å². The van der Waals surface area contributed by atoms with E-state index in [2.05, 4.69) is 30.1 Å². The van der Waals surface area contributed by atoms with E-state index in [0.29, 0.717) is 5.92 Å². The molecule has 0 bridgehead atoms. The largest absolute Gasteiger partial charge is 0.330 e. The monoisotopic (exact) mass is 252 g/mol. The first kappa shape index (κ1) is 12.9. The Kier molecular flexibility index (Phi) is 4.43. The van der Waals surface area contributed by atoms with Gasteiger partial charge in [0.2, 0.25) is 0 Å². The van der Waals surface area contributed by atoms with Crippen LogP contribution in [0, 0.1) is 0 Å². The first-order chi connectivity index (χ1) is 8.20. The van der Waals surface area contributed by atoms with Crippen LogP contribution in [0.15, 0.2) is 18.2 Å². The lowest BCUT2D eigenvalue weighted by Gasteiger charge is -2.37. The van der Waals surface area contributed by atoms with E-state index in [1.807, 2.05) is 0 Å². The Balaban J connectivity index is 1.96. The highest BCUT2D eigenvalue weighted by Gasteiger charge is 2.26. The number of nitrogens with two attached hydrogens (primary N) is 1. The van der Waals surface area contributed by atoms with Gasteiger partial charge in [-0.1, -0.05) is 23.7 Å². The average Bonchev–Trinajstić information content (AvgIpc) is 2.26. The molecule has 0 spiro atoms. The lowest BCUT2D eigenvalue weighted by molar-refractivity contribution is 0.190. The zero-order valence-electron chi connectivity index (χ0n) is 10.5. The summed E-state index contributed by atoms with van der Waals surface area (Å²) in [5, 5.41) is 0.938. The third kappa shape index (κ3) is 3.21. The van der Waals surface area contributed by atoms with E-state index in [1.54, 1.807) is 0 Å². The summed E-state index contributed by atoms with van der Waals surface area (Å²) in [6, 6.07) is 6.56. The van der Waals surface area contributed by atoms with Gasteiger partial charge in [-0.15, -0.1) is 0 Å². The molecule has 0 amide bonds. The summed E-state index contributed by atoms with van der Waals surface area (Å²) in [5.41, 5.74) is 8.14. The molecular formula is C14H21ClN2. The Morgan fingerprint density at radius 2 is 2.12 bits per heavy atom. The van der Waals surface area contributed by atoms with Crippen molar-refractivity contribution in [3.8, 4) is 0 Å². The van der Waals surface area contributed by atoms with E-state index in [0.717, 1.165) is 43.9 Å². The van der Waals surface area contributed by atoms with Crippen molar-refractivity contribution in [3.63, 3.8) is 0 Å². The van der Waals surface area contributed by atoms with Gasteiger partial charge in [0.05, 0.1) is 0 Å². The third-order valence-corrected chi connectivity index (χ3v) is 3.82. The van der Waals surface area contributed by atoms with Crippen molar-refractivity contribution in [1.82, 2.24) is 4.90 Å². The predicted octanol–water partition coefficient (Wildman–Crippen LogP) is 2.65. The van der Waals surface area contributed by atoms with Crippen molar-refractivity contribution >= 4 is 11.6 Å². The van der Waals surface area contributed by atoms with Crippen molar-refractivity contribution in [2.75, 3.05) is 26.7 Å². The van der Waals surface area contributed by atoms with Crippen LogP contribution in [0.3, 0.4) is 0 Å². The fourth-order valence-electron chi connectivity index (χ4n) is 2.43. The van der Waals surface area contributed by atoms with Crippen LogP contribution >= 0.6 is 11.6 Å². The van der Waals surface area contributed by atoms with E-state index in [1.165, 1.54) is 11.1 Å². The first-order valence-electron chi connectivity index (χ1n) is 6.37. The predicted molar refractivity (Wildman–Crippen MR) is 73.7 cm³/mol. The number of rotatable bonds is 5. The van der Waals surface area contributed by atoms with Crippen LogP contribution in [0.2, 0.25) is 5.02 Å². The quantitative estimate of drug-likeness (QED) is 0.817. The number of unbranched alkanes of at least 4 members (excludes halogenated alkanes) is 1. The molecule has 2 rings (SSSR count). The van der Waals surface area contributed by atoms with Gasteiger partial charge in [0, 0.05) is 24.0 Å². The molecule has 1 heterocycles. The second-order valence-electron chi connectivity index (χ2n) is 5.02. The average molecular weight is 253 g/mol. The number of halogens is 1. The number of hydrogen-bond donors (Lipinski definition) is 1. The second kappa shape index (κ2) is 5.85. The highest BCUT2D eigenvalue weighted by Crippen LogP contribution is 2.31. The molecule has 1 aromatic rings. The fourth-order valence-corrected chi connectivity index (χ4v) is 2.78. The molecule has 0 unspecified atom stereocenters. The maximum Gasteiger partial charge on any atom is 0.0444 e. The first-order valence-corrected chi connectivity index (χ1v) is 6.75. The fraction of sp³-hybridized carbons (Fsp3) is 0.571. The Morgan fingerprint density at radius 3 is 2.71 bits per heavy atom. The van der Waals surface area contributed by atoms with E-state index in [-0.39, 0.29) is 0 Å². The molecule has 94 valence electrons. The molecule has 1 aromatic carbocycles. The number of aryl methyl sites for hydroxylation is 1. The van der Waals surface area contributed by atoms with Gasteiger partial charge in [0.25, 0.3) is 0 Å². The molecule has 1 saturated heterocycles. The summed E-state index contributed by atoms with van der Waals surface area (Å²) in [4.78, 5) is 2.32. The second-order valence-corrected chi connectivity index (χ2v) is 5.43. The number of likely N-dealkylation sites (tertiary alicyclic amines) is 1. The van der Waals surface area contributed by atoms with E-state index >= 15 is 0 Å². The van der Waals surface area contributed by atoms with Gasteiger partial charge in [0.1, 0.15) is 0 Å². The summed E-state index contributed by atoms with van der Waals surface area (Å²) in [7, 11) is 2.14. The number of likely N-dealkylation sites (N-methyl/N-ethyl adjacent to an activating group) is 1. The van der Waals surface area contributed by atoms with Crippen LogP contribution in [-0.2, 0) is 6.42 Å². The molecule has 2 nitrogen and oxygen atoms in total. The molecule has 1 aliphatic rings. The van der Waals surface area contributed by atoms with Crippen molar-refractivity contribution in [3.05, 3.63) is 34.3 Å². The molecule has 0 radical (unpaired) electrons. The molecule has 2 N–H and O–H groups in total. The molecule has 0 atom stereocenters. The van der Waals surface area contributed by atoms with Gasteiger partial charge in [0.15, 0.2) is 0 Å². The molecule has 0 aliphatic carbocycles. The Bertz CT molecular complexity index is 372. The lowest BCUT2D eigenvalue weighted by Crippen LogP contribution is -2.41. The van der Waals surface area contributed by atoms with E-state index < -0.39 is 0 Å². The third-order valence-electron chi connectivity index (χ3n) is 3.49. The van der Waals surface area contributed by atoms with Crippen LogP contribution in [0.25, 0.3) is 0 Å². The summed E-state index contributed by atoms with van der Waals surface area (Å²) >= 11 is 6.35. The smallest absolute Gasteiger partial charge is 0.0444 e. The number of benzene rings is 1. The van der Waals surface area contributed by atoms with Crippen LogP contribution in [-0.4, -0.2) is 31.6 Å². The molecule has 17 heavy (non-hydrogen) atoms. The maximum atomic E-state index is 6.35. The van der Waals surface area contributed by atoms with Gasteiger partial charge in [-0.3, -0.25) is 0 Å². The minimum absolute atomic E-state index is 0.630. The van der Waals surface area contributed by atoms with Crippen LogP contribution in [0.4, 0.5) is 0 Å². The SMILES string of the molecule is CN1CC(c2ccc(CCCCN)cc2Cl)C1. The minimum atomic E-state index is 0.630. The standard InChI is InChI=1S/C14H21ClN2/c1-17-9-12(10-17)13-6-5-11(8-14(13)15)4-2-3-7-16/h5-6,8,12H,2-4,7,9-10,16H2,1H3. The topological polar surface area (TPSA) is 29.3 Å². The molecular weight excluding hydrogens is 232 g/mol. The normalized spacial score (nSPS) is 17.1. The molecule has 0 aromatic heterocycles. The van der Waals surface area contributed by atoms with Crippen LogP contribution in [0.1, 0.15) is 29.9 Å². The summed E-state index contributed by atoms with van der Waals surface area (Å²) in [6.45, 7) is 3.04. The highest BCUT2D eigenvalue weighted by atomic mass is 35.5. The molecule has 1 fully saturated rings. The van der Waals surface area contributed by atoms with Gasteiger partial charge in [-0.25, -0.2) is 0 Å². The van der Waals surface area contributed by atoms with Crippen LogP contribution < -0.4 is 5.73 Å². The van der Waals surface area contributed by atoms with Gasteiger partial charge in [-0.2, -0.15) is 0 Å².